The Bertz CT molecular complexity index is 744. The zero-order valence-electron chi connectivity index (χ0n) is 13.5. The second kappa shape index (κ2) is 6.91. The summed E-state index contributed by atoms with van der Waals surface area (Å²) in [6, 6.07) is 0. The number of hydrogen-bond donors (Lipinski definition) is 1. The summed E-state index contributed by atoms with van der Waals surface area (Å²) < 4.78 is 5.07. The van der Waals surface area contributed by atoms with Gasteiger partial charge in [0.25, 0.3) is 0 Å². The second-order valence-corrected chi connectivity index (χ2v) is 6.27. The molecule has 7 nitrogen and oxygen atoms in total. The molecule has 2 aromatic heterocycles. The summed E-state index contributed by atoms with van der Waals surface area (Å²) in [7, 11) is 1.78. The van der Waals surface area contributed by atoms with Gasteiger partial charge in [-0.15, -0.1) is 11.3 Å². The first-order chi connectivity index (χ1) is 10.9. The lowest BCUT2D eigenvalue weighted by molar-refractivity contribution is -0.140. The van der Waals surface area contributed by atoms with E-state index < -0.39 is 11.9 Å². The minimum Gasteiger partial charge on any atom is -0.481 e. The maximum atomic E-state index is 12.0. The number of nitrogens with zero attached hydrogens (tertiary/aromatic N) is 3. The average Bonchev–Trinajstić information content (AvgIpc) is 2.84. The SMILES string of the molecule is CCOC(=O)c1sc2ncnc(N(C)CC(C)C(=O)O)c2c1C. The van der Waals surface area contributed by atoms with Crippen molar-refractivity contribution in [2.75, 3.05) is 25.1 Å². The normalized spacial score (nSPS) is 12.2. The Hall–Kier alpha value is -2.22. The van der Waals surface area contributed by atoms with Gasteiger partial charge in [-0.2, -0.15) is 0 Å². The fraction of sp³-hybridized carbons (Fsp3) is 0.467. The van der Waals surface area contributed by atoms with Crippen LogP contribution in [-0.4, -0.2) is 47.2 Å². The number of hydrogen-bond acceptors (Lipinski definition) is 7. The molecule has 0 fully saturated rings. The van der Waals surface area contributed by atoms with Crippen LogP contribution in [0.3, 0.4) is 0 Å². The molecular weight excluding hydrogens is 318 g/mol. The predicted molar refractivity (Wildman–Crippen MR) is 88.2 cm³/mol. The van der Waals surface area contributed by atoms with Gasteiger partial charge in [-0.1, -0.05) is 6.92 Å². The highest BCUT2D eigenvalue weighted by Gasteiger charge is 2.23. The van der Waals surface area contributed by atoms with E-state index in [1.54, 1.807) is 25.8 Å². The molecular formula is C15H19N3O4S. The van der Waals surface area contributed by atoms with Crippen LogP contribution in [0.5, 0.6) is 0 Å². The lowest BCUT2D eigenvalue weighted by Gasteiger charge is -2.21. The molecule has 0 aromatic carbocycles. The van der Waals surface area contributed by atoms with E-state index in [2.05, 4.69) is 9.97 Å². The van der Waals surface area contributed by atoms with Gasteiger partial charge in [0.05, 0.1) is 17.9 Å². The van der Waals surface area contributed by atoms with Gasteiger partial charge in [-0.05, 0) is 19.4 Å². The number of carboxylic acid groups (broad SMARTS) is 1. The first-order valence-corrected chi connectivity index (χ1v) is 8.03. The molecule has 0 aliphatic carbocycles. The van der Waals surface area contributed by atoms with Crippen molar-refractivity contribution in [2.24, 2.45) is 5.92 Å². The number of aromatic nitrogens is 2. The van der Waals surface area contributed by atoms with Gasteiger partial charge in [-0.3, -0.25) is 4.79 Å². The zero-order valence-corrected chi connectivity index (χ0v) is 14.3. The van der Waals surface area contributed by atoms with E-state index in [-0.39, 0.29) is 5.97 Å². The minimum absolute atomic E-state index is 0.307. The van der Waals surface area contributed by atoms with Gasteiger partial charge in [0.2, 0.25) is 0 Å². The summed E-state index contributed by atoms with van der Waals surface area (Å²) in [5.74, 6) is -1.15. The molecule has 0 radical (unpaired) electrons. The number of aryl methyl sites for hydroxylation is 1. The van der Waals surface area contributed by atoms with Crippen LogP contribution in [0.4, 0.5) is 5.82 Å². The molecule has 0 bridgehead atoms. The van der Waals surface area contributed by atoms with Crippen LogP contribution in [0.15, 0.2) is 6.33 Å². The van der Waals surface area contributed by atoms with Gasteiger partial charge in [0.1, 0.15) is 21.9 Å². The molecule has 1 unspecified atom stereocenters. The van der Waals surface area contributed by atoms with E-state index in [1.165, 1.54) is 17.7 Å². The largest absolute Gasteiger partial charge is 0.481 e. The quantitative estimate of drug-likeness (QED) is 0.809. The fourth-order valence-corrected chi connectivity index (χ4v) is 3.35. The van der Waals surface area contributed by atoms with E-state index >= 15 is 0 Å². The van der Waals surface area contributed by atoms with Crippen molar-refractivity contribution >= 4 is 39.3 Å². The van der Waals surface area contributed by atoms with Gasteiger partial charge in [0, 0.05) is 13.6 Å². The monoisotopic (exact) mass is 337 g/mol. The van der Waals surface area contributed by atoms with Crippen molar-refractivity contribution in [3.63, 3.8) is 0 Å². The number of carboxylic acids is 1. The third-order valence-electron chi connectivity index (χ3n) is 3.50. The van der Waals surface area contributed by atoms with Gasteiger partial charge >= 0.3 is 11.9 Å². The van der Waals surface area contributed by atoms with Crippen LogP contribution < -0.4 is 4.90 Å². The van der Waals surface area contributed by atoms with E-state index in [4.69, 9.17) is 9.84 Å². The number of fused-ring (bicyclic) bond motifs is 1. The molecule has 2 rings (SSSR count). The maximum absolute atomic E-state index is 12.0. The van der Waals surface area contributed by atoms with Gasteiger partial charge < -0.3 is 14.7 Å². The highest BCUT2D eigenvalue weighted by atomic mass is 32.1. The smallest absolute Gasteiger partial charge is 0.348 e. The van der Waals surface area contributed by atoms with Gasteiger partial charge in [-0.25, -0.2) is 14.8 Å². The molecule has 1 atom stereocenters. The minimum atomic E-state index is -0.864. The molecule has 8 heteroatoms. The van der Waals surface area contributed by atoms with Crippen molar-refractivity contribution in [1.82, 2.24) is 9.97 Å². The molecule has 0 saturated carbocycles. The standard InChI is InChI=1S/C15H19N3O4S/c1-5-22-15(21)11-9(3)10-12(16-7-17-13(10)23-11)18(4)6-8(2)14(19)20/h7-8H,5-6H2,1-4H3,(H,19,20). The summed E-state index contributed by atoms with van der Waals surface area (Å²) in [6.45, 7) is 5.84. The number of carbonyl (C=O) groups is 2. The molecule has 2 aromatic rings. The molecule has 0 amide bonds. The van der Waals surface area contributed by atoms with Crippen molar-refractivity contribution in [1.29, 1.82) is 0 Å². The second-order valence-electron chi connectivity index (χ2n) is 5.27. The van der Waals surface area contributed by atoms with Crippen molar-refractivity contribution in [2.45, 2.75) is 20.8 Å². The van der Waals surface area contributed by atoms with Crippen LogP contribution in [0, 0.1) is 12.8 Å². The molecule has 124 valence electrons. The predicted octanol–water partition coefficient (Wildman–Crippen LogP) is 2.33. The number of esters is 1. The highest BCUT2D eigenvalue weighted by molar-refractivity contribution is 7.20. The summed E-state index contributed by atoms with van der Waals surface area (Å²) in [4.78, 5) is 34.5. The van der Waals surface area contributed by atoms with E-state index in [0.717, 1.165) is 10.9 Å². The Morgan fingerprint density at radius 1 is 1.43 bits per heavy atom. The lowest BCUT2D eigenvalue weighted by atomic mass is 10.1. The Morgan fingerprint density at radius 2 is 2.13 bits per heavy atom. The third kappa shape index (κ3) is 3.42. The number of anilines is 1. The average molecular weight is 337 g/mol. The summed E-state index contributed by atoms with van der Waals surface area (Å²) in [5, 5.41) is 9.83. The molecule has 0 aliphatic heterocycles. The van der Waals surface area contributed by atoms with Crippen LogP contribution in [0.1, 0.15) is 29.1 Å². The van der Waals surface area contributed by atoms with Crippen LogP contribution in [-0.2, 0) is 9.53 Å². The molecule has 1 N–H and O–H groups in total. The maximum Gasteiger partial charge on any atom is 0.348 e. The number of thiophene rings is 1. The Balaban J connectivity index is 2.45. The van der Waals surface area contributed by atoms with Crippen LogP contribution in [0.25, 0.3) is 10.2 Å². The molecule has 0 aliphatic rings. The van der Waals surface area contributed by atoms with Crippen LogP contribution >= 0.6 is 11.3 Å². The van der Waals surface area contributed by atoms with E-state index in [9.17, 15) is 9.59 Å². The van der Waals surface area contributed by atoms with E-state index in [1.807, 2.05) is 6.92 Å². The first kappa shape index (κ1) is 17.1. The number of ether oxygens (including phenoxy) is 1. The Labute approximate surface area is 137 Å². The van der Waals surface area contributed by atoms with Crippen LogP contribution in [0.2, 0.25) is 0 Å². The van der Waals surface area contributed by atoms with Gasteiger partial charge in [0.15, 0.2) is 0 Å². The van der Waals surface area contributed by atoms with E-state index in [0.29, 0.717) is 28.7 Å². The molecule has 23 heavy (non-hydrogen) atoms. The highest BCUT2D eigenvalue weighted by Crippen LogP contribution is 2.35. The molecule has 0 spiro atoms. The molecule has 0 saturated heterocycles. The Morgan fingerprint density at radius 3 is 2.74 bits per heavy atom. The molecule has 2 heterocycles. The number of aliphatic carboxylic acids is 1. The summed E-state index contributed by atoms with van der Waals surface area (Å²) in [5.41, 5.74) is 0.758. The Kier molecular flexibility index (Phi) is 5.15. The lowest BCUT2D eigenvalue weighted by Crippen LogP contribution is -2.29. The van der Waals surface area contributed by atoms with Crippen molar-refractivity contribution < 1.29 is 19.4 Å². The zero-order chi connectivity index (χ0) is 17.1. The summed E-state index contributed by atoms with van der Waals surface area (Å²) in [6.07, 6.45) is 1.42. The first-order valence-electron chi connectivity index (χ1n) is 7.21. The van der Waals surface area contributed by atoms with Crippen molar-refractivity contribution in [3.05, 3.63) is 16.8 Å². The fourth-order valence-electron chi connectivity index (χ4n) is 2.31. The topological polar surface area (TPSA) is 92.6 Å². The third-order valence-corrected chi connectivity index (χ3v) is 4.68. The number of carbonyl (C=O) groups excluding carboxylic acids is 1. The number of rotatable bonds is 6. The summed E-state index contributed by atoms with van der Waals surface area (Å²) >= 11 is 1.26. The van der Waals surface area contributed by atoms with Crippen molar-refractivity contribution in [3.8, 4) is 0 Å².